The lowest BCUT2D eigenvalue weighted by molar-refractivity contribution is -0.319. The number of aliphatic hydroxyl groups is 1. The maximum absolute atomic E-state index is 14.4. The molecule has 1 N–H and O–H groups in total. The molecule has 314 valence electrons. The number of benzene rings is 2. The molecular formula is C38H40ClF3N8O8S. The van der Waals surface area contributed by atoms with Crippen LogP contribution in [0.1, 0.15) is 82.8 Å². The van der Waals surface area contributed by atoms with Gasteiger partial charge >= 0.3 is 18.4 Å². The number of anilines is 1. The molecular weight excluding hydrogens is 821 g/mol. The van der Waals surface area contributed by atoms with Crippen molar-refractivity contribution in [1.29, 1.82) is 0 Å². The van der Waals surface area contributed by atoms with Gasteiger partial charge in [-0.15, -0.1) is 26.6 Å². The first kappa shape index (κ1) is 42.1. The van der Waals surface area contributed by atoms with Gasteiger partial charge < -0.3 is 28.8 Å². The van der Waals surface area contributed by atoms with Gasteiger partial charge in [-0.25, -0.2) is 19.3 Å². The number of aliphatic hydroxyl groups excluding tert-OH is 1. The van der Waals surface area contributed by atoms with Gasteiger partial charge in [-0.3, -0.25) is 4.57 Å². The quantitative estimate of drug-likeness (QED) is 0.175. The molecule has 4 unspecified atom stereocenters. The van der Waals surface area contributed by atoms with E-state index in [1.807, 2.05) is 30.3 Å². The van der Waals surface area contributed by atoms with Gasteiger partial charge in [-0.2, -0.15) is 18.1 Å². The number of amides is 2. The SMILES string of the molecule is Cc1nnc([C@@H]2OC3COC(c4ccccc4)O[C@@H]3C(n3cc(-c4csc(N(C(=O)OC(C)(C)C)C(=O)OC(C)(C)C)n4)nn3)C2O)n1-c1cc(Cl)ccc1C(F)(F)F. The molecule has 6 atom stereocenters. The third-order valence-corrected chi connectivity index (χ3v) is 10.0. The Morgan fingerprint density at radius 3 is 2.27 bits per heavy atom. The minimum absolute atomic E-state index is 0.0248. The molecule has 16 nitrogen and oxygen atoms in total. The van der Waals surface area contributed by atoms with Gasteiger partial charge in [0, 0.05) is 16.0 Å². The fourth-order valence-corrected chi connectivity index (χ4v) is 7.53. The molecule has 2 aliphatic rings. The maximum atomic E-state index is 14.4. The number of halogens is 4. The molecule has 3 aromatic heterocycles. The number of hydrogen-bond acceptors (Lipinski definition) is 14. The number of alkyl halides is 3. The first-order valence-electron chi connectivity index (χ1n) is 18.3. The largest absolute Gasteiger partial charge is 0.443 e. The lowest BCUT2D eigenvalue weighted by Crippen LogP contribution is -2.57. The molecule has 0 aliphatic carbocycles. The highest BCUT2D eigenvalue weighted by Crippen LogP contribution is 2.45. The molecule has 59 heavy (non-hydrogen) atoms. The van der Waals surface area contributed by atoms with Crippen molar-refractivity contribution in [3.05, 3.63) is 87.9 Å². The second kappa shape index (κ2) is 15.9. The van der Waals surface area contributed by atoms with Crippen LogP contribution in [0.2, 0.25) is 5.02 Å². The summed E-state index contributed by atoms with van der Waals surface area (Å²) in [5, 5.41) is 30.7. The van der Waals surface area contributed by atoms with Crippen LogP contribution >= 0.6 is 22.9 Å². The van der Waals surface area contributed by atoms with E-state index in [4.69, 9.17) is 35.3 Å². The van der Waals surface area contributed by atoms with E-state index in [0.29, 0.717) is 10.5 Å². The fourth-order valence-electron chi connectivity index (χ4n) is 6.57. The van der Waals surface area contributed by atoms with Crippen LogP contribution in [-0.4, -0.2) is 88.2 Å². The number of aryl methyl sites for hydroxylation is 1. The van der Waals surface area contributed by atoms with Crippen LogP contribution in [0.5, 0.6) is 0 Å². The number of fused-ring (bicyclic) bond motifs is 1. The predicted octanol–water partition coefficient (Wildman–Crippen LogP) is 7.80. The molecule has 0 bridgehead atoms. The van der Waals surface area contributed by atoms with Crippen LogP contribution in [0.4, 0.5) is 27.9 Å². The highest BCUT2D eigenvalue weighted by Gasteiger charge is 2.53. The monoisotopic (exact) mass is 860 g/mol. The van der Waals surface area contributed by atoms with E-state index in [9.17, 15) is 27.9 Å². The second-order valence-electron chi connectivity index (χ2n) is 15.7. The third kappa shape index (κ3) is 8.97. The maximum Gasteiger partial charge on any atom is 0.426 e. The Balaban J connectivity index is 1.27. The zero-order valence-corrected chi connectivity index (χ0v) is 34.3. The van der Waals surface area contributed by atoms with E-state index < -0.39 is 71.9 Å². The van der Waals surface area contributed by atoms with E-state index in [1.54, 1.807) is 46.9 Å². The van der Waals surface area contributed by atoms with Gasteiger partial charge in [0.2, 0.25) is 5.13 Å². The Kier molecular flexibility index (Phi) is 11.3. The highest BCUT2D eigenvalue weighted by molar-refractivity contribution is 7.14. The molecule has 5 heterocycles. The Hall–Kier alpha value is -4.99. The van der Waals surface area contributed by atoms with Crippen molar-refractivity contribution < 1.29 is 51.6 Å². The van der Waals surface area contributed by atoms with E-state index >= 15 is 0 Å². The summed E-state index contributed by atoms with van der Waals surface area (Å²) in [6.45, 7) is 11.3. The van der Waals surface area contributed by atoms with Crippen LogP contribution in [0.15, 0.2) is 60.1 Å². The van der Waals surface area contributed by atoms with Gasteiger partial charge in [-0.05, 0) is 66.7 Å². The number of aromatic nitrogens is 7. The molecule has 21 heteroatoms. The zero-order valence-electron chi connectivity index (χ0n) is 32.7. The minimum atomic E-state index is -4.78. The topological polar surface area (TPSA) is 178 Å². The number of carbonyl (C=O) groups excluding carboxylic acids is 2. The summed E-state index contributed by atoms with van der Waals surface area (Å²) in [5.41, 5.74) is -2.22. The van der Waals surface area contributed by atoms with Crippen LogP contribution in [0, 0.1) is 6.92 Å². The summed E-state index contributed by atoms with van der Waals surface area (Å²) in [5.74, 6) is -0.0815. The number of carbonyl (C=O) groups is 2. The molecule has 2 aliphatic heterocycles. The van der Waals surface area contributed by atoms with Crippen molar-refractivity contribution in [1.82, 2.24) is 34.7 Å². The predicted molar refractivity (Wildman–Crippen MR) is 205 cm³/mol. The van der Waals surface area contributed by atoms with Crippen LogP contribution in [-0.2, 0) is 29.9 Å². The highest BCUT2D eigenvalue weighted by atomic mass is 35.5. The molecule has 5 aromatic rings. The fraction of sp³-hybridized carbons (Fsp3) is 0.447. The lowest BCUT2D eigenvalue weighted by atomic mass is 9.91. The first-order valence-corrected chi connectivity index (χ1v) is 19.5. The molecule has 0 saturated carbocycles. The van der Waals surface area contributed by atoms with E-state index in [0.717, 1.165) is 34.1 Å². The summed E-state index contributed by atoms with van der Waals surface area (Å²) in [6, 6.07) is 11.1. The van der Waals surface area contributed by atoms with Gasteiger partial charge in [0.1, 0.15) is 58.9 Å². The second-order valence-corrected chi connectivity index (χ2v) is 17.0. The Morgan fingerprint density at radius 1 is 0.949 bits per heavy atom. The summed E-state index contributed by atoms with van der Waals surface area (Å²) in [4.78, 5) is 31.8. The Labute approximate surface area is 344 Å². The molecule has 7 rings (SSSR count). The number of thiazole rings is 1. The summed E-state index contributed by atoms with van der Waals surface area (Å²) in [6.07, 6.45) is -11.1. The molecule has 2 saturated heterocycles. The van der Waals surface area contributed by atoms with E-state index in [2.05, 4.69) is 25.5 Å². The smallest absolute Gasteiger partial charge is 0.426 e. The van der Waals surface area contributed by atoms with Gasteiger partial charge in [0.15, 0.2) is 12.1 Å². The molecule has 2 fully saturated rings. The van der Waals surface area contributed by atoms with Crippen LogP contribution in [0.3, 0.4) is 0 Å². The van der Waals surface area contributed by atoms with Gasteiger partial charge in [0.05, 0.1) is 24.1 Å². The summed E-state index contributed by atoms with van der Waals surface area (Å²) < 4.78 is 75.4. The number of hydrogen-bond donors (Lipinski definition) is 1. The van der Waals surface area contributed by atoms with Crippen molar-refractivity contribution >= 4 is 40.3 Å². The zero-order chi connectivity index (χ0) is 42.6. The van der Waals surface area contributed by atoms with Crippen molar-refractivity contribution in [3.63, 3.8) is 0 Å². The number of ether oxygens (including phenoxy) is 5. The van der Waals surface area contributed by atoms with Crippen molar-refractivity contribution in [2.45, 2.75) is 103 Å². The average molecular weight is 861 g/mol. The molecule has 2 aromatic carbocycles. The third-order valence-electron chi connectivity index (χ3n) is 8.97. The van der Waals surface area contributed by atoms with E-state index in [-0.39, 0.29) is 45.5 Å². The number of rotatable bonds is 6. The molecule has 0 radical (unpaired) electrons. The average Bonchev–Trinajstić information content (AvgIpc) is 3.90. The summed E-state index contributed by atoms with van der Waals surface area (Å²) in [7, 11) is 0. The summed E-state index contributed by atoms with van der Waals surface area (Å²) >= 11 is 7.15. The lowest BCUT2D eigenvalue weighted by Gasteiger charge is -2.47. The van der Waals surface area contributed by atoms with Gasteiger partial charge in [-0.1, -0.05) is 47.1 Å². The molecule has 0 spiro atoms. The Morgan fingerprint density at radius 2 is 1.63 bits per heavy atom. The first-order chi connectivity index (χ1) is 27.7. The van der Waals surface area contributed by atoms with Crippen molar-refractivity contribution in [2.75, 3.05) is 11.5 Å². The van der Waals surface area contributed by atoms with Crippen LogP contribution in [0.25, 0.3) is 17.1 Å². The van der Waals surface area contributed by atoms with Crippen molar-refractivity contribution in [3.8, 4) is 17.1 Å². The normalized spacial score (nSPS) is 22.4. The van der Waals surface area contributed by atoms with Gasteiger partial charge in [0.25, 0.3) is 0 Å². The Bertz CT molecular complexity index is 2300. The number of nitrogens with zero attached hydrogens (tertiary/aromatic N) is 8. The van der Waals surface area contributed by atoms with E-state index in [1.165, 1.54) is 17.8 Å². The minimum Gasteiger partial charge on any atom is -0.443 e. The van der Waals surface area contributed by atoms with Crippen molar-refractivity contribution in [2.24, 2.45) is 0 Å². The van der Waals surface area contributed by atoms with Crippen LogP contribution < -0.4 is 4.90 Å². The number of imide groups is 1. The molecule has 2 amide bonds. The standard InChI is InChI=1S/C38H40ClF3N8O8S/c1-19-44-46-31(49(19)25-15-21(39)13-14-22(25)38(40,41)42)30-28(51)27(29-26(55-30)17-54-32(56-29)20-11-9-8-10-12-20)48-16-23(45-47-48)24-18-59-33(43-24)50(34(52)57-36(2,3)4)35(53)58-37(5,6)7/h8-16,18,26-30,32,51H,17H2,1-7H3/t26?,27?,28?,29-,30+,32?/m0/s1.